The molecule has 0 saturated heterocycles. The van der Waals surface area contributed by atoms with Gasteiger partial charge < -0.3 is 9.72 Å². The van der Waals surface area contributed by atoms with Crippen molar-refractivity contribution in [3.8, 4) is 0 Å². The number of hydrogen-bond acceptors (Lipinski definition) is 3. The van der Waals surface area contributed by atoms with Gasteiger partial charge in [0, 0.05) is 11.0 Å². The van der Waals surface area contributed by atoms with Crippen LogP contribution in [0.25, 0.3) is 0 Å². The quantitative estimate of drug-likeness (QED) is 0.683. The molecule has 0 aliphatic carbocycles. The summed E-state index contributed by atoms with van der Waals surface area (Å²) in [6.07, 6.45) is -3.28. The van der Waals surface area contributed by atoms with E-state index >= 15 is 0 Å². The van der Waals surface area contributed by atoms with E-state index in [1.54, 1.807) is 0 Å². The summed E-state index contributed by atoms with van der Waals surface area (Å²) in [6, 6.07) is 1.36. The fraction of sp³-hybridized carbons (Fsp3) is 0.400. The number of esters is 1. The van der Waals surface area contributed by atoms with Crippen molar-refractivity contribution in [1.29, 1.82) is 0 Å². The van der Waals surface area contributed by atoms with Crippen LogP contribution in [-0.2, 0) is 21.3 Å². The Labute approximate surface area is 104 Å². The molecule has 17 heavy (non-hydrogen) atoms. The number of methoxy groups -OCH3 is 1. The van der Waals surface area contributed by atoms with Crippen LogP contribution < -0.4 is 5.56 Å². The third kappa shape index (κ3) is 3.36. The second-order valence-corrected chi connectivity index (χ2v) is 3.81. The van der Waals surface area contributed by atoms with E-state index in [9.17, 15) is 18.4 Å². The van der Waals surface area contributed by atoms with Crippen LogP contribution >= 0.6 is 15.9 Å². The number of hydrogen-bond donors (Lipinski definition) is 1. The van der Waals surface area contributed by atoms with E-state index in [1.807, 2.05) is 0 Å². The molecule has 0 fully saturated rings. The Morgan fingerprint density at radius 1 is 1.59 bits per heavy atom. The highest BCUT2D eigenvalue weighted by molar-refractivity contribution is 9.08. The molecule has 7 heteroatoms. The third-order valence-electron chi connectivity index (χ3n) is 2.14. The van der Waals surface area contributed by atoms with Gasteiger partial charge in [-0.3, -0.25) is 9.59 Å². The minimum Gasteiger partial charge on any atom is -0.469 e. The molecular weight excluding hydrogens is 300 g/mol. The van der Waals surface area contributed by atoms with Crippen LogP contribution in [0.4, 0.5) is 8.78 Å². The second kappa shape index (κ2) is 5.90. The van der Waals surface area contributed by atoms with Crippen molar-refractivity contribution in [1.82, 2.24) is 4.98 Å². The summed E-state index contributed by atoms with van der Waals surface area (Å²) in [6.45, 7) is 0. The Morgan fingerprint density at radius 2 is 2.24 bits per heavy atom. The van der Waals surface area contributed by atoms with Crippen LogP contribution in [-0.4, -0.2) is 18.1 Å². The van der Waals surface area contributed by atoms with Crippen molar-refractivity contribution in [3.05, 3.63) is 33.2 Å². The van der Waals surface area contributed by atoms with Gasteiger partial charge in [0.2, 0.25) is 0 Å². The summed E-state index contributed by atoms with van der Waals surface area (Å²) in [5.41, 5.74) is -1.14. The lowest BCUT2D eigenvalue weighted by molar-refractivity contribution is -0.139. The highest BCUT2D eigenvalue weighted by Crippen LogP contribution is 2.20. The Balaban J connectivity index is 3.27. The number of halogens is 3. The number of carbonyl (C=O) groups is 1. The first-order chi connectivity index (χ1) is 7.99. The highest BCUT2D eigenvalue weighted by Gasteiger charge is 2.20. The number of alkyl halides is 3. The van der Waals surface area contributed by atoms with Gasteiger partial charge in [-0.05, 0) is 11.6 Å². The smallest absolute Gasteiger partial charge is 0.309 e. The maximum atomic E-state index is 12.7. The molecule has 0 aliphatic heterocycles. The van der Waals surface area contributed by atoms with Crippen LogP contribution in [0.2, 0.25) is 0 Å². The van der Waals surface area contributed by atoms with Crippen LogP contribution in [0.3, 0.4) is 0 Å². The van der Waals surface area contributed by atoms with Crippen molar-refractivity contribution in [2.45, 2.75) is 18.2 Å². The zero-order valence-electron chi connectivity index (χ0n) is 8.93. The Morgan fingerprint density at radius 3 is 2.71 bits per heavy atom. The van der Waals surface area contributed by atoms with E-state index in [2.05, 4.69) is 25.7 Å². The molecule has 1 rings (SSSR count). The topological polar surface area (TPSA) is 59.2 Å². The number of ether oxygens (including phenoxy) is 1. The molecule has 94 valence electrons. The number of H-pyrrole nitrogens is 1. The van der Waals surface area contributed by atoms with Crippen molar-refractivity contribution < 1.29 is 18.3 Å². The molecule has 1 heterocycles. The number of rotatable bonds is 4. The SMILES string of the molecule is COC(=O)Cc1cc(CBr)[nH]c(=O)c1C(F)F. The van der Waals surface area contributed by atoms with Gasteiger partial charge in [0.15, 0.2) is 0 Å². The molecule has 0 atom stereocenters. The second-order valence-electron chi connectivity index (χ2n) is 3.25. The molecule has 0 bridgehead atoms. The predicted octanol–water partition coefficient (Wildman–Crippen LogP) is 1.92. The zero-order chi connectivity index (χ0) is 13.0. The van der Waals surface area contributed by atoms with Gasteiger partial charge in [-0.1, -0.05) is 15.9 Å². The molecule has 0 saturated carbocycles. The summed E-state index contributed by atoms with van der Waals surface area (Å²) in [5, 5.41) is 0.305. The van der Waals surface area contributed by atoms with Gasteiger partial charge in [0.25, 0.3) is 12.0 Å². The monoisotopic (exact) mass is 309 g/mol. The van der Waals surface area contributed by atoms with Gasteiger partial charge in [-0.15, -0.1) is 0 Å². The largest absolute Gasteiger partial charge is 0.469 e. The summed E-state index contributed by atoms with van der Waals surface area (Å²) >= 11 is 3.10. The number of pyridine rings is 1. The third-order valence-corrected chi connectivity index (χ3v) is 2.74. The first-order valence-corrected chi connectivity index (χ1v) is 5.77. The molecular formula is C10H10BrF2NO3. The lowest BCUT2D eigenvalue weighted by Crippen LogP contribution is -2.20. The van der Waals surface area contributed by atoms with E-state index in [0.29, 0.717) is 11.0 Å². The molecule has 4 nitrogen and oxygen atoms in total. The van der Waals surface area contributed by atoms with E-state index in [-0.39, 0.29) is 12.0 Å². The highest BCUT2D eigenvalue weighted by atomic mass is 79.9. The molecule has 0 aromatic carbocycles. The lowest BCUT2D eigenvalue weighted by atomic mass is 10.1. The maximum Gasteiger partial charge on any atom is 0.309 e. The van der Waals surface area contributed by atoms with Gasteiger partial charge in [0.1, 0.15) is 0 Å². The molecule has 0 spiro atoms. The first kappa shape index (κ1) is 13.8. The lowest BCUT2D eigenvalue weighted by Gasteiger charge is -2.08. The Kier molecular flexibility index (Phi) is 4.80. The van der Waals surface area contributed by atoms with Gasteiger partial charge in [-0.25, -0.2) is 8.78 Å². The molecule has 1 aromatic heterocycles. The standard InChI is InChI=1S/C10H10BrF2NO3/c1-17-7(15)3-5-2-6(4-11)14-10(16)8(5)9(12)13/h2,9H,3-4H2,1H3,(H,14,16). The number of carbonyl (C=O) groups excluding carboxylic acids is 1. The van der Waals surface area contributed by atoms with Crippen LogP contribution in [0.15, 0.2) is 10.9 Å². The summed E-state index contributed by atoms with van der Waals surface area (Å²) in [4.78, 5) is 24.8. The molecule has 1 aromatic rings. The fourth-order valence-electron chi connectivity index (χ4n) is 1.37. The molecule has 1 N–H and O–H groups in total. The fourth-order valence-corrected chi connectivity index (χ4v) is 1.67. The van der Waals surface area contributed by atoms with Gasteiger partial charge in [-0.2, -0.15) is 0 Å². The summed E-state index contributed by atoms with van der Waals surface area (Å²) < 4.78 is 29.8. The summed E-state index contributed by atoms with van der Waals surface area (Å²) in [7, 11) is 1.16. The zero-order valence-corrected chi connectivity index (χ0v) is 10.5. The van der Waals surface area contributed by atoms with E-state index in [4.69, 9.17) is 0 Å². The number of nitrogens with one attached hydrogen (secondary N) is 1. The maximum absolute atomic E-state index is 12.7. The Hall–Kier alpha value is -1.24. The van der Waals surface area contributed by atoms with Crippen molar-refractivity contribution >= 4 is 21.9 Å². The van der Waals surface area contributed by atoms with Crippen LogP contribution in [0, 0.1) is 0 Å². The minimum atomic E-state index is -2.93. The van der Waals surface area contributed by atoms with Gasteiger partial charge in [0.05, 0.1) is 19.1 Å². The van der Waals surface area contributed by atoms with Crippen molar-refractivity contribution in [2.24, 2.45) is 0 Å². The van der Waals surface area contributed by atoms with Crippen molar-refractivity contribution in [2.75, 3.05) is 7.11 Å². The average molecular weight is 310 g/mol. The van der Waals surface area contributed by atoms with Gasteiger partial charge >= 0.3 is 5.97 Å². The minimum absolute atomic E-state index is 0.00921. The average Bonchev–Trinajstić information content (AvgIpc) is 2.27. The number of aromatic nitrogens is 1. The normalized spacial score (nSPS) is 10.6. The first-order valence-electron chi connectivity index (χ1n) is 4.65. The van der Waals surface area contributed by atoms with E-state index < -0.39 is 23.5 Å². The number of aromatic amines is 1. The van der Waals surface area contributed by atoms with Crippen LogP contribution in [0.5, 0.6) is 0 Å². The predicted molar refractivity (Wildman–Crippen MR) is 60.4 cm³/mol. The summed E-state index contributed by atoms with van der Waals surface area (Å²) in [5.74, 6) is -0.668. The van der Waals surface area contributed by atoms with E-state index in [0.717, 1.165) is 7.11 Å². The van der Waals surface area contributed by atoms with Crippen molar-refractivity contribution in [3.63, 3.8) is 0 Å². The molecule has 0 unspecified atom stereocenters. The van der Waals surface area contributed by atoms with E-state index in [1.165, 1.54) is 6.07 Å². The molecule has 0 radical (unpaired) electrons. The van der Waals surface area contributed by atoms with Crippen LogP contribution in [0.1, 0.15) is 23.2 Å². The molecule has 0 amide bonds. The Bertz CT molecular complexity index is 473. The molecule has 0 aliphatic rings.